The Hall–Kier alpha value is -2.89. The van der Waals surface area contributed by atoms with Gasteiger partial charge in [-0.05, 0) is 60.2 Å². The third kappa shape index (κ3) is 5.55. The molecule has 0 atom stereocenters. The number of benzene rings is 3. The summed E-state index contributed by atoms with van der Waals surface area (Å²) in [6, 6.07) is 22.9. The SMILES string of the molecule is O=C(Nc1ccc(Cl)cc1)/C(=C\c1ccc(Br)cc1)NC(=O)c1ccccc1. The molecule has 0 fully saturated rings. The largest absolute Gasteiger partial charge is 0.321 e. The highest BCUT2D eigenvalue weighted by Gasteiger charge is 2.15. The van der Waals surface area contributed by atoms with E-state index in [1.165, 1.54) is 0 Å². The van der Waals surface area contributed by atoms with Crippen molar-refractivity contribution in [2.24, 2.45) is 0 Å². The summed E-state index contributed by atoms with van der Waals surface area (Å²) in [7, 11) is 0. The first-order chi connectivity index (χ1) is 13.5. The zero-order valence-corrected chi connectivity index (χ0v) is 17.0. The molecule has 140 valence electrons. The molecule has 2 N–H and O–H groups in total. The highest BCUT2D eigenvalue weighted by Crippen LogP contribution is 2.16. The van der Waals surface area contributed by atoms with Gasteiger partial charge in [-0.2, -0.15) is 0 Å². The van der Waals surface area contributed by atoms with Crippen LogP contribution in [0, 0.1) is 0 Å². The molecule has 2 amide bonds. The van der Waals surface area contributed by atoms with Crippen LogP contribution in [0.15, 0.2) is 89.0 Å². The Labute approximate surface area is 176 Å². The summed E-state index contributed by atoms with van der Waals surface area (Å²) in [5.41, 5.74) is 1.94. The molecule has 0 aromatic heterocycles. The lowest BCUT2D eigenvalue weighted by Gasteiger charge is -2.11. The maximum atomic E-state index is 12.8. The highest BCUT2D eigenvalue weighted by atomic mass is 79.9. The first kappa shape index (κ1) is 19.9. The number of carbonyl (C=O) groups is 2. The minimum Gasteiger partial charge on any atom is -0.321 e. The highest BCUT2D eigenvalue weighted by molar-refractivity contribution is 9.10. The number of amides is 2. The molecule has 4 nitrogen and oxygen atoms in total. The lowest BCUT2D eigenvalue weighted by Crippen LogP contribution is -2.30. The van der Waals surface area contributed by atoms with E-state index in [2.05, 4.69) is 26.6 Å². The van der Waals surface area contributed by atoms with Crippen molar-refractivity contribution < 1.29 is 9.59 Å². The second kappa shape index (κ2) is 9.35. The molecule has 0 heterocycles. The Kier molecular flexibility index (Phi) is 6.63. The van der Waals surface area contributed by atoms with E-state index in [4.69, 9.17) is 11.6 Å². The van der Waals surface area contributed by atoms with Gasteiger partial charge in [-0.3, -0.25) is 9.59 Å². The molecule has 3 rings (SSSR count). The average molecular weight is 456 g/mol. The topological polar surface area (TPSA) is 58.2 Å². The summed E-state index contributed by atoms with van der Waals surface area (Å²) >= 11 is 9.26. The Bertz CT molecular complexity index is 1000. The number of hydrogen-bond donors (Lipinski definition) is 2. The molecule has 28 heavy (non-hydrogen) atoms. The number of rotatable bonds is 5. The third-order valence-electron chi connectivity index (χ3n) is 3.81. The van der Waals surface area contributed by atoms with Crippen molar-refractivity contribution in [2.75, 3.05) is 5.32 Å². The van der Waals surface area contributed by atoms with Gasteiger partial charge in [0, 0.05) is 20.7 Å². The van der Waals surface area contributed by atoms with Crippen LogP contribution in [0.2, 0.25) is 5.02 Å². The van der Waals surface area contributed by atoms with Crippen LogP contribution in [0.5, 0.6) is 0 Å². The number of hydrogen-bond acceptors (Lipinski definition) is 2. The van der Waals surface area contributed by atoms with E-state index in [1.807, 2.05) is 30.3 Å². The fourth-order valence-corrected chi connectivity index (χ4v) is 2.79. The monoisotopic (exact) mass is 454 g/mol. The molecule has 3 aromatic carbocycles. The average Bonchev–Trinajstić information content (AvgIpc) is 2.71. The summed E-state index contributed by atoms with van der Waals surface area (Å²) in [6.07, 6.45) is 1.62. The van der Waals surface area contributed by atoms with Crippen LogP contribution < -0.4 is 10.6 Å². The smallest absolute Gasteiger partial charge is 0.272 e. The molecule has 0 bridgehead atoms. The molecule has 0 aliphatic heterocycles. The molecule has 0 radical (unpaired) electrons. The normalized spacial score (nSPS) is 11.0. The van der Waals surface area contributed by atoms with Crippen molar-refractivity contribution >= 4 is 51.1 Å². The fraction of sp³-hybridized carbons (Fsp3) is 0. The molecule has 0 saturated carbocycles. The summed E-state index contributed by atoms with van der Waals surface area (Å²) in [5.74, 6) is -0.801. The summed E-state index contributed by atoms with van der Waals surface area (Å²) in [4.78, 5) is 25.3. The summed E-state index contributed by atoms with van der Waals surface area (Å²) in [5, 5.41) is 6.04. The van der Waals surface area contributed by atoms with Crippen LogP contribution in [0.4, 0.5) is 5.69 Å². The van der Waals surface area contributed by atoms with Crippen LogP contribution in [-0.4, -0.2) is 11.8 Å². The second-order valence-corrected chi connectivity index (χ2v) is 7.24. The van der Waals surface area contributed by atoms with Crippen molar-refractivity contribution in [3.8, 4) is 0 Å². The van der Waals surface area contributed by atoms with Crippen molar-refractivity contribution in [2.45, 2.75) is 0 Å². The van der Waals surface area contributed by atoms with Gasteiger partial charge in [-0.1, -0.05) is 57.9 Å². The quantitative estimate of drug-likeness (QED) is 0.498. The van der Waals surface area contributed by atoms with E-state index in [-0.39, 0.29) is 11.6 Å². The molecular formula is C22H16BrClN2O2. The lowest BCUT2D eigenvalue weighted by atomic mass is 10.1. The van der Waals surface area contributed by atoms with E-state index in [0.29, 0.717) is 16.3 Å². The Morgan fingerprint density at radius 2 is 1.50 bits per heavy atom. The van der Waals surface area contributed by atoms with E-state index in [1.54, 1.807) is 54.6 Å². The van der Waals surface area contributed by atoms with Gasteiger partial charge >= 0.3 is 0 Å². The van der Waals surface area contributed by atoms with E-state index in [0.717, 1.165) is 10.0 Å². The molecule has 0 spiro atoms. The summed E-state index contributed by atoms with van der Waals surface area (Å²) < 4.78 is 0.921. The molecule has 0 unspecified atom stereocenters. The van der Waals surface area contributed by atoms with Gasteiger partial charge < -0.3 is 10.6 Å². The van der Waals surface area contributed by atoms with Crippen LogP contribution in [0.3, 0.4) is 0 Å². The standard InChI is InChI=1S/C22H16BrClN2O2/c23-17-8-6-15(7-9-17)14-20(26-21(27)16-4-2-1-3-5-16)22(28)25-19-12-10-18(24)11-13-19/h1-14H,(H,25,28)(H,26,27)/b20-14+. The van der Waals surface area contributed by atoms with Crippen molar-refractivity contribution in [1.29, 1.82) is 0 Å². The van der Waals surface area contributed by atoms with Crippen LogP contribution in [-0.2, 0) is 4.79 Å². The minimum atomic E-state index is -0.436. The third-order valence-corrected chi connectivity index (χ3v) is 4.59. The molecule has 6 heteroatoms. The van der Waals surface area contributed by atoms with Gasteiger partial charge in [0.2, 0.25) is 0 Å². The van der Waals surface area contributed by atoms with E-state index in [9.17, 15) is 9.59 Å². The zero-order chi connectivity index (χ0) is 19.9. The molecule has 0 aliphatic rings. The first-order valence-electron chi connectivity index (χ1n) is 8.42. The zero-order valence-electron chi connectivity index (χ0n) is 14.7. The number of carbonyl (C=O) groups excluding carboxylic acids is 2. The van der Waals surface area contributed by atoms with Crippen LogP contribution >= 0.6 is 27.5 Å². The van der Waals surface area contributed by atoms with Crippen molar-refractivity contribution in [3.05, 3.63) is 105 Å². The molecule has 3 aromatic rings. The summed E-state index contributed by atoms with van der Waals surface area (Å²) in [6.45, 7) is 0. The fourth-order valence-electron chi connectivity index (χ4n) is 2.40. The van der Waals surface area contributed by atoms with Crippen molar-refractivity contribution in [1.82, 2.24) is 5.32 Å². The molecular weight excluding hydrogens is 440 g/mol. The van der Waals surface area contributed by atoms with Gasteiger partial charge in [-0.15, -0.1) is 0 Å². The number of anilines is 1. The predicted molar refractivity (Wildman–Crippen MR) is 116 cm³/mol. The van der Waals surface area contributed by atoms with E-state index >= 15 is 0 Å². The van der Waals surface area contributed by atoms with Crippen LogP contribution in [0.1, 0.15) is 15.9 Å². The van der Waals surface area contributed by atoms with Gasteiger partial charge in [0.1, 0.15) is 5.70 Å². The van der Waals surface area contributed by atoms with E-state index < -0.39 is 5.91 Å². The maximum absolute atomic E-state index is 12.8. The number of halogens is 2. The lowest BCUT2D eigenvalue weighted by molar-refractivity contribution is -0.113. The second-order valence-electron chi connectivity index (χ2n) is 5.89. The van der Waals surface area contributed by atoms with Crippen LogP contribution in [0.25, 0.3) is 6.08 Å². The number of nitrogens with one attached hydrogen (secondary N) is 2. The molecule has 0 aliphatic carbocycles. The first-order valence-corrected chi connectivity index (χ1v) is 9.59. The van der Waals surface area contributed by atoms with Crippen molar-refractivity contribution in [3.63, 3.8) is 0 Å². The van der Waals surface area contributed by atoms with Gasteiger partial charge in [0.15, 0.2) is 0 Å². The minimum absolute atomic E-state index is 0.131. The maximum Gasteiger partial charge on any atom is 0.272 e. The van der Waals surface area contributed by atoms with Gasteiger partial charge in [-0.25, -0.2) is 0 Å². The van der Waals surface area contributed by atoms with Gasteiger partial charge in [0.05, 0.1) is 0 Å². The predicted octanol–water partition coefficient (Wildman–Crippen LogP) is 5.51. The molecule has 0 saturated heterocycles. The Balaban J connectivity index is 1.86. The Morgan fingerprint density at radius 1 is 0.857 bits per heavy atom. The van der Waals surface area contributed by atoms with Gasteiger partial charge in [0.25, 0.3) is 11.8 Å². The Morgan fingerprint density at radius 3 is 2.14 bits per heavy atom.